The molecule has 0 aliphatic carbocycles. The molecule has 1 aromatic carbocycles. The lowest BCUT2D eigenvalue weighted by atomic mass is 10.2. The molecule has 0 radical (unpaired) electrons. The zero-order chi connectivity index (χ0) is 12.2. The van der Waals surface area contributed by atoms with Crippen molar-refractivity contribution in [3.8, 4) is 6.07 Å². The van der Waals surface area contributed by atoms with Gasteiger partial charge in [0.25, 0.3) is 0 Å². The standard InChI is InChI=1S/C11H12N2O2S/c1-3-10-4-6-11(7-5-10)16(14,15)13(2)9-8-12/h3-7H,1,9H2,2H3. The Morgan fingerprint density at radius 3 is 2.44 bits per heavy atom. The van der Waals surface area contributed by atoms with Gasteiger partial charge in [0.2, 0.25) is 10.0 Å². The van der Waals surface area contributed by atoms with Gasteiger partial charge in [0.15, 0.2) is 0 Å². The molecule has 0 unspecified atom stereocenters. The number of nitrogens with zero attached hydrogens (tertiary/aromatic N) is 2. The van der Waals surface area contributed by atoms with Gasteiger partial charge in [-0.1, -0.05) is 24.8 Å². The molecule has 0 saturated heterocycles. The molecular formula is C11H12N2O2S. The maximum Gasteiger partial charge on any atom is 0.243 e. The SMILES string of the molecule is C=Cc1ccc(S(=O)(=O)N(C)CC#N)cc1. The van der Waals surface area contributed by atoms with Crippen molar-refractivity contribution < 1.29 is 8.42 Å². The molecule has 4 nitrogen and oxygen atoms in total. The summed E-state index contributed by atoms with van der Waals surface area (Å²) in [5.41, 5.74) is 0.849. The van der Waals surface area contributed by atoms with Crippen LogP contribution in [-0.4, -0.2) is 26.3 Å². The van der Waals surface area contributed by atoms with Gasteiger partial charge in [-0.05, 0) is 17.7 Å². The second kappa shape index (κ2) is 4.92. The van der Waals surface area contributed by atoms with Crippen LogP contribution in [0, 0.1) is 11.3 Å². The molecule has 5 heteroatoms. The van der Waals surface area contributed by atoms with Crippen LogP contribution < -0.4 is 0 Å². The van der Waals surface area contributed by atoms with Crippen molar-refractivity contribution in [2.45, 2.75) is 4.90 Å². The van der Waals surface area contributed by atoms with E-state index in [1.807, 2.05) is 0 Å². The molecule has 0 aromatic heterocycles. The van der Waals surface area contributed by atoms with E-state index in [1.165, 1.54) is 19.2 Å². The Hall–Kier alpha value is -1.64. The Bertz CT molecular complexity index is 512. The van der Waals surface area contributed by atoms with Gasteiger partial charge in [0.05, 0.1) is 11.0 Å². The van der Waals surface area contributed by atoms with Crippen molar-refractivity contribution in [1.82, 2.24) is 4.31 Å². The molecule has 0 spiro atoms. The lowest BCUT2D eigenvalue weighted by molar-refractivity contribution is 0.501. The molecule has 16 heavy (non-hydrogen) atoms. The van der Waals surface area contributed by atoms with Crippen molar-refractivity contribution >= 4 is 16.1 Å². The second-order valence-corrected chi connectivity index (χ2v) is 5.24. The van der Waals surface area contributed by atoms with Gasteiger partial charge in [-0.15, -0.1) is 0 Å². The van der Waals surface area contributed by atoms with Crippen LogP contribution >= 0.6 is 0 Å². The Kier molecular flexibility index (Phi) is 3.82. The summed E-state index contributed by atoms with van der Waals surface area (Å²) in [6, 6.07) is 8.13. The maximum absolute atomic E-state index is 11.9. The van der Waals surface area contributed by atoms with Crippen LogP contribution in [0.15, 0.2) is 35.7 Å². The number of sulfonamides is 1. The Labute approximate surface area is 95.5 Å². The summed E-state index contributed by atoms with van der Waals surface area (Å²) < 4.78 is 24.8. The number of hydrogen-bond donors (Lipinski definition) is 0. The van der Waals surface area contributed by atoms with E-state index in [4.69, 9.17) is 5.26 Å². The van der Waals surface area contributed by atoms with Gasteiger partial charge in [-0.2, -0.15) is 9.57 Å². The lowest BCUT2D eigenvalue weighted by Crippen LogP contribution is -2.27. The monoisotopic (exact) mass is 236 g/mol. The molecule has 0 aliphatic rings. The first-order valence-electron chi connectivity index (χ1n) is 4.58. The van der Waals surface area contributed by atoms with Gasteiger partial charge in [0, 0.05) is 7.05 Å². The topological polar surface area (TPSA) is 61.2 Å². The highest BCUT2D eigenvalue weighted by Gasteiger charge is 2.19. The molecule has 1 rings (SSSR count). The summed E-state index contributed by atoms with van der Waals surface area (Å²) in [6.07, 6.45) is 1.63. The highest BCUT2D eigenvalue weighted by atomic mass is 32.2. The Balaban J connectivity index is 3.08. The quantitative estimate of drug-likeness (QED) is 0.744. The van der Waals surface area contributed by atoms with Crippen molar-refractivity contribution in [3.05, 3.63) is 36.4 Å². The Morgan fingerprint density at radius 2 is 2.00 bits per heavy atom. The number of benzene rings is 1. The fourth-order valence-electron chi connectivity index (χ4n) is 1.14. The van der Waals surface area contributed by atoms with Crippen molar-refractivity contribution in [3.63, 3.8) is 0 Å². The first-order valence-corrected chi connectivity index (χ1v) is 6.02. The fourth-order valence-corrected chi connectivity index (χ4v) is 2.21. The minimum Gasteiger partial charge on any atom is -0.207 e. The largest absolute Gasteiger partial charge is 0.243 e. The van der Waals surface area contributed by atoms with Crippen LogP contribution in [0.4, 0.5) is 0 Å². The van der Waals surface area contributed by atoms with Crippen LogP contribution in [0.3, 0.4) is 0 Å². The zero-order valence-electron chi connectivity index (χ0n) is 8.92. The van der Waals surface area contributed by atoms with E-state index >= 15 is 0 Å². The number of hydrogen-bond acceptors (Lipinski definition) is 3. The van der Waals surface area contributed by atoms with Crippen LogP contribution in [-0.2, 0) is 10.0 Å². The molecule has 0 amide bonds. The summed E-state index contributed by atoms with van der Waals surface area (Å²) in [4.78, 5) is 0.177. The average Bonchev–Trinajstić information content (AvgIpc) is 2.29. The third-order valence-electron chi connectivity index (χ3n) is 2.12. The molecule has 0 aliphatic heterocycles. The van der Waals surface area contributed by atoms with E-state index in [2.05, 4.69) is 6.58 Å². The second-order valence-electron chi connectivity index (χ2n) is 3.19. The lowest BCUT2D eigenvalue weighted by Gasteiger charge is -2.13. The van der Waals surface area contributed by atoms with E-state index in [0.717, 1.165) is 9.87 Å². The molecule has 0 N–H and O–H groups in total. The van der Waals surface area contributed by atoms with Crippen LogP contribution in [0.2, 0.25) is 0 Å². The van der Waals surface area contributed by atoms with E-state index in [0.29, 0.717) is 0 Å². The summed E-state index contributed by atoms with van der Waals surface area (Å²) in [6.45, 7) is 3.42. The third kappa shape index (κ3) is 2.48. The fraction of sp³-hybridized carbons (Fsp3) is 0.182. The molecule has 0 heterocycles. The average molecular weight is 236 g/mol. The first kappa shape index (κ1) is 12.4. The summed E-state index contributed by atoms with van der Waals surface area (Å²) in [5.74, 6) is 0. The summed E-state index contributed by atoms with van der Waals surface area (Å²) in [5, 5.41) is 8.46. The zero-order valence-corrected chi connectivity index (χ0v) is 9.74. The highest BCUT2D eigenvalue weighted by molar-refractivity contribution is 7.89. The summed E-state index contributed by atoms with van der Waals surface area (Å²) in [7, 11) is -2.17. The maximum atomic E-state index is 11.9. The van der Waals surface area contributed by atoms with E-state index in [1.54, 1.807) is 24.3 Å². The minimum absolute atomic E-state index is 0.161. The van der Waals surface area contributed by atoms with E-state index < -0.39 is 10.0 Å². The molecule has 0 atom stereocenters. The highest BCUT2D eigenvalue weighted by Crippen LogP contribution is 2.15. The van der Waals surface area contributed by atoms with Crippen LogP contribution in [0.1, 0.15) is 5.56 Å². The molecule has 0 bridgehead atoms. The van der Waals surface area contributed by atoms with Crippen LogP contribution in [0.5, 0.6) is 0 Å². The minimum atomic E-state index is -3.55. The van der Waals surface area contributed by atoms with Crippen molar-refractivity contribution in [1.29, 1.82) is 5.26 Å². The van der Waals surface area contributed by atoms with E-state index in [9.17, 15) is 8.42 Å². The Morgan fingerprint density at radius 1 is 1.44 bits per heavy atom. The number of rotatable bonds is 4. The van der Waals surface area contributed by atoms with Crippen LogP contribution in [0.25, 0.3) is 6.08 Å². The molecule has 0 saturated carbocycles. The molecule has 0 fully saturated rings. The van der Waals surface area contributed by atoms with Gasteiger partial charge < -0.3 is 0 Å². The predicted molar refractivity (Wildman–Crippen MR) is 62.0 cm³/mol. The molecule has 84 valence electrons. The molecule has 1 aromatic rings. The van der Waals surface area contributed by atoms with Crippen molar-refractivity contribution in [2.75, 3.05) is 13.6 Å². The predicted octanol–water partition coefficient (Wildman–Crippen LogP) is 1.47. The van der Waals surface area contributed by atoms with Gasteiger partial charge in [0.1, 0.15) is 6.54 Å². The normalized spacial score (nSPS) is 11.1. The summed E-state index contributed by atoms with van der Waals surface area (Å²) >= 11 is 0. The third-order valence-corrected chi connectivity index (χ3v) is 3.93. The van der Waals surface area contributed by atoms with Gasteiger partial charge >= 0.3 is 0 Å². The number of nitriles is 1. The van der Waals surface area contributed by atoms with E-state index in [-0.39, 0.29) is 11.4 Å². The van der Waals surface area contributed by atoms with Crippen molar-refractivity contribution in [2.24, 2.45) is 0 Å². The molecular weight excluding hydrogens is 224 g/mol. The van der Waals surface area contributed by atoms with Gasteiger partial charge in [-0.25, -0.2) is 8.42 Å². The first-order chi connectivity index (χ1) is 7.52. The smallest absolute Gasteiger partial charge is 0.207 e. The van der Waals surface area contributed by atoms with Gasteiger partial charge in [-0.3, -0.25) is 0 Å².